The molecule has 2 aromatic carbocycles. The Morgan fingerprint density at radius 1 is 1.15 bits per heavy atom. The Morgan fingerprint density at radius 3 is 2.69 bits per heavy atom. The predicted molar refractivity (Wildman–Crippen MR) is 95.2 cm³/mol. The number of para-hydroxylation sites is 3. The lowest BCUT2D eigenvalue weighted by molar-refractivity contribution is -0.119. The van der Waals surface area contributed by atoms with E-state index >= 15 is 0 Å². The molecule has 0 bridgehead atoms. The minimum absolute atomic E-state index is 0.384. The van der Waals surface area contributed by atoms with Crippen LogP contribution >= 0.6 is 0 Å². The summed E-state index contributed by atoms with van der Waals surface area (Å²) >= 11 is 0. The molecule has 0 spiro atoms. The monoisotopic (exact) mass is 348 g/mol. The molecule has 0 unspecified atom stereocenters. The van der Waals surface area contributed by atoms with Gasteiger partial charge in [0.25, 0.3) is 0 Å². The second kappa shape index (κ2) is 6.08. The Labute approximate surface area is 149 Å². The fourth-order valence-corrected chi connectivity index (χ4v) is 3.49. The molecule has 0 saturated heterocycles. The Bertz CT molecular complexity index is 1050. The average Bonchev–Trinajstić information content (AvgIpc) is 3.03. The molecule has 1 N–H and O–H groups in total. The number of ether oxygens (including phenoxy) is 2. The summed E-state index contributed by atoms with van der Waals surface area (Å²) < 4.78 is 12.8. The minimum Gasteiger partial charge on any atom is -0.493 e. The lowest BCUT2D eigenvalue weighted by Crippen LogP contribution is -2.37. The molecular weight excluding hydrogens is 332 g/mol. The smallest absolute Gasteiger partial charge is 0.246 e. The lowest BCUT2D eigenvalue weighted by Gasteiger charge is -2.31. The number of nitrogens with zero attached hydrogens (tertiary/aromatic N) is 3. The van der Waals surface area contributed by atoms with Crippen molar-refractivity contribution in [2.45, 2.75) is 6.04 Å². The largest absolute Gasteiger partial charge is 0.493 e. The van der Waals surface area contributed by atoms with E-state index in [1.165, 1.54) is 0 Å². The lowest BCUT2D eigenvalue weighted by atomic mass is 9.90. The van der Waals surface area contributed by atoms with Gasteiger partial charge < -0.3 is 14.0 Å². The van der Waals surface area contributed by atoms with Crippen molar-refractivity contribution >= 4 is 22.9 Å². The van der Waals surface area contributed by atoms with Crippen LogP contribution < -0.4 is 14.8 Å². The van der Waals surface area contributed by atoms with Gasteiger partial charge in [-0.2, -0.15) is 5.26 Å². The molecule has 0 saturated carbocycles. The van der Waals surface area contributed by atoms with Gasteiger partial charge in [-0.15, -0.1) is 0 Å². The number of anilines is 1. The maximum atomic E-state index is 12.5. The highest BCUT2D eigenvalue weighted by Crippen LogP contribution is 2.43. The number of carbonyl (C=O) groups is 1. The van der Waals surface area contributed by atoms with Gasteiger partial charge in [-0.25, -0.2) is 4.98 Å². The summed E-state index contributed by atoms with van der Waals surface area (Å²) in [5, 5.41) is 12.4. The summed E-state index contributed by atoms with van der Waals surface area (Å²) in [6.07, 6.45) is 0. The molecule has 1 aromatic heterocycles. The fourth-order valence-electron chi connectivity index (χ4n) is 3.49. The topological polar surface area (TPSA) is 89.2 Å². The molecule has 2 heterocycles. The molecule has 0 aliphatic carbocycles. The van der Waals surface area contributed by atoms with Crippen LogP contribution in [0, 0.1) is 17.2 Å². The van der Waals surface area contributed by atoms with E-state index in [0.29, 0.717) is 23.0 Å². The van der Waals surface area contributed by atoms with Crippen molar-refractivity contribution in [3.05, 3.63) is 48.0 Å². The Kier molecular flexibility index (Phi) is 3.73. The molecule has 1 aliphatic rings. The standard InChI is InChI=1S/C19H16N4O3/c1-25-15-9-5-6-11(17(15)26-2)16-12(10-20)18(24)22-19-21-13-7-3-4-8-14(13)23(16)19/h3-9,12,16H,1-2H3,(H,21,22,24)/t12-,16-/m0/s1. The first kappa shape index (κ1) is 16.0. The number of fused-ring (bicyclic) bond motifs is 3. The molecule has 26 heavy (non-hydrogen) atoms. The van der Waals surface area contributed by atoms with Gasteiger partial charge in [0.15, 0.2) is 17.4 Å². The molecule has 0 radical (unpaired) electrons. The number of hydrogen-bond donors (Lipinski definition) is 1. The van der Waals surface area contributed by atoms with Crippen molar-refractivity contribution in [2.24, 2.45) is 5.92 Å². The third-order valence-electron chi connectivity index (χ3n) is 4.60. The molecule has 0 fully saturated rings. The number of hydrogen-bond acceptors (Lipinski definition) is 5. The van der Waals surface area contributed by atoms with Gasteiger partial charge in [-0.3, -0.25) is 10.1 Å². The van der Waals surface area contributed by atoms with E-state index in [-0.39, 0.29) is 5.91 Å². The van der Waals surface area contributed by atoms with Crippen LogP contribution in [0.15, 0.2) is 42.5 Å². The van der Waals surface area contributed by atoms with Crippen LogP contribution in [-0.4, -0.2) is 29.7 Å². The molecule has 7 heteroatoms. The molecule has 7 nitrogen and oxygen atoms in total. The summed E-state index contributed by atoms with van der Waals surface area (Å²) in [5.41, 5.74) is 2.27. The van der Waals surface area contributed by atoms with Gasteiger partial charge in [-0.05, 0) is 18.2 Å². The highest BCUT2D eigenvalue weighted by Gasteiger charge is 2.40. The zero-order chi connectivity index (χ0) is 18.3. The molecule has 130 valence electrons. The van der Waals surface area contributed by atoms with E-state index < -0.39 is 12.0 Å². The van der Waals surface area contributed by atoms with Crippen LogP contribution in [-0.2, 0) is 4.79 Å². The van der Waals surface area contributed by atoms with Gasteiger partial charge in [0.1, 0.15) is 0 Å². The van der Waals surface area contributed by atoms with Crippen LogP contribution in [0.25, 0.3) is 11.0 Å². The molecule has 1 aliphatic heterocycles. The number of nitrogens with one attached hydrogen (secondary N) is 1. The zero-order valence-corrected chi connectivity index (χ0v) is 14.3. The molecule has 3 aromatic rings. The fraction of sp³-hybridized carbons (Fsp3) is 0.211. The van der Waals surface area contributed by atoms with Gasteiger partial charge in [0.05, 0.1) is 37.4 Å². The van der Waals surface area contributed by atoms with Crippen molar-refractivity contribution in [1.29, 1.82) is 5.26 Å². The van der Waals surface area contributed by atoms with Crippen molar-refractivity contribution in [3.8, 4) is 17.6 Å². The normalized spacial score (nSPS) is 18.7. The Hall–Kier alpha value is -3.53. The van der Waals surface area contributed by atoms with E-state index in [4.69, 9.17) is 9.47 Å². The van der Waals surface area contributed by atoms with Crippen LogP contribution in [0.3, 0.4) is 0 Å². The van der Waals surface area contributed by atoms with Crippen molar-refractivity contribution in [2.75, 3.05) is 19.5 Å². The number of imidazole rings is 1. The zero-order valence-electron chi connectivity index (χ0n) is 14.3. The summed E-state index contributed by atoms with van der Waals surface area (Å²) in [6, 6.07) is 14.5. The number of rotatable bonds is 3. The first-order chi connectivity index (χ1) is 12.7. The van der Waals surface area contributed by atoms with E-state index in [1.807, 2.05) is 41.0 Å². The molecule has 1 amide bonds. The highest BCUT2D eigenvalue weighted by atomic mass is 16.5. The maximum absolute atomic E-state index is 12.5. The predicted octanol–water partition coefficient (Wildman–Crippen LogP) is 2.73. The first-order valence-corrected chi connectivity index (χ1v) is 8.08. The van der Waals surface area contributed by atoms with Crippen molar-refractivity contribution in [1.82, 2.24) is 9.55 Å². The third kappa shape index (κ3) is 2.19. The Balaban J connectivity index is 2.04. The van der Waals surface area contributed by atoms with E-state index in [2.05, 4.69) is 16.4 Å². The number of aromatic nitrogens is 2. The molecule has 2 atom stereocenters. The third-order valence-corrected chi connectivity index (χ3v) is 4.60. The molecule has 4 rings (SSSR count). The van der Waals surface area contributed by atoms with E-state index in [1.54, 1.807) is 20.3 Å². The summed E-state index contributed by atoms with van der Waals surface area (Å²) in [4.78, 5) is 17.0. The van der Waals surface area contributed by atoms with Crippen molar-refractivity contribution < 1.29 is 14.3 Å². The minimum atomic E-state index is -0.930. The van der Waals surface area contributed by atoms with Crippen LogP contribution in [0.4, 0.5) is 5.95 Å². The van der Waals surface area contributed by atoms with E-state index in [0.717, 1.165) is 11.0 Å². The van der Waals surface area contributed by atoms with Crippen LogP contribution in [0.1, 0.15) is 11.6 Å². The maximum Gasteiger partial charge on any atom is 0.246 e. The van der Waals surface area contributed by atoms with Gasteiger partial charge in [0.2, 0.25) is 11.9 Å². The van der Waals surface area contributed by atoms with Crippen LogP contribution in [0.2, 0.25) is 0 Å². The highest BCUT2D eigenvalue weighted by molar-refractivity contribution is 5.97. The summed E-state index contributed by atoms with van der Waals surface area (Å²) in [7, 11) is 3.09. The second-order valence-electron chi connectivity index (χ2n) is 5.92. The number of methoxy groups -OCH3 is 2. The molecular formula is C19H16N4O3. The second-order valence-corrected chi connectivity index (χ2v) is 5.92. The quantitative estimate of drug-likeness (QED) is 0.786. The van der Waals surface area contributed by atoms with E-state index in [9.17, 15) is 10.1 Å². The van der Waals surface area contributed by atoms with Gasteiger partial charge in [-0.1, -0.05) is 24.3 Å². The summed E-state index contributed by atoms with van der Waals surface area (Å²) in [5.74, 6) is 0.140. The number of amides is 1. The Morgan fingerprint density at radius 2 is 1.96 bits per heavy atom. The average molecular weight is 348 g/mol. The summed E-state index contributed by atoms with van der Waals surface area (Å²) in [6.45, 7) is 0. The van der Waals surface area contributed by atoms with Crippen LogP contribution in [0.5, 0.6) is 11.5 Å². The first-order valence-electron chi connectivity index (χ1n) is 8.08. The number of carbonyl (C=O) groups excluding carboxylic acids is 1. The number of benzene rings is 2. The number of nitriles is 1. The van der Waals surface area contributed by atoms with Crippen molar-refractivity contribution in [3.63, 3.8) is 0 Å². The van der Waals surface area contributed by atoms with Gasteiger partial charge in [0, 0.05) is 5.56 Å². The van der Waals surface area contributed by atoms with Gasteiger partial charge >= 0.3 is 0 Å². The SMILES string of the molecule is COc1cccc([C@H]2[C@H](C#N)C(=O)Nc3nc4ccccc4n32)c1OC.